The van der Waals surface area contributed by atoms with Crippen molar-refractivity contribution >= 4 is 5.96 Å². The van der Waals surface area contributed by atoms with E-state index in [0.717, 1.165) is 19.0 Å². The van der Waals surface area contributed by atoms with E-state index in [9.17, 15) is 0 Å². The van der Waals surface area contributed by atoms with E-state index in [2.05, 4.69) is 59.6 Å². The molecule has 2 N–H and O–H groups in total. The first kappa shape index (κ1) is 15.8. The van der Waals surface area contributed by atoms with Crippen LogP contribution in [0.1, 0.15) is 29.5 Å². The summed E-state index contributed by atoms with van der Waals surface area (Å²) in [5.74, 6) is 0.885. The first-order chi connectivity index (χ1) is 10.1. The van der Waals surface area contributed by atoms with Crippen LogP contribution in [0.2, 0.25) is 0 Å². The first-order valence-corrected chi connectivity index (χ1v) is 7.81. The molecular formula is C17H28N4. The Bertz CT molecular complexity index is 496. The molecular weight excluding hydrogens is 260 g/mol. The molecule has 0 aliphatic carbocycles. The summed E-state index contributed by atoms with van der Waals surface area (Å²) >= 11 is 0. The van der Waals surface area contributed by atoms with E-state index >= 15 is 0 Å². The van der Waals surface area contributed by atoms with E-state index in [1.54, 1.807) is 0 Å². The third-order valence-electron chi connectivity index (χ3n) is 4.34. The monoisotopic (exact) mass is 288 g/mol. The van der Waals surface area contributed by atoms with Gasteiger partial charge in [0.2, 0.25) is 0 Å². The van der Waals surface area contributed by atoms with E-state index in [1.807, 2.05) is 7.05 Å². The van der Waals surface area contributed by atoms with E-state index in [1.165, 1.54) is 36.1 Å². The molecule has 1 atom stereocenters. The summed E-state index contributed by atoms with van der Waals surface area (Å²) in [7, 11) is 4.03. The Balaban J connectivity index is 1.82. The van der Waals surface area contributed by atoms with Crippen molar-refractivity contribution in [3.8, 4) is 0 Å². The second-order valence-corrected chi connectivity index (χ2v) is 6.01. The zero-order chi connectivity index (χ0) is 15.2. The lowest BCUT2D eigenvalue weighted by Gasteiger charge is -2.21. The van der Waals surface area contributed by atoms with E-state index in [4.69, 9.17) is 0 Å². The van der Waals surface area contributed by atoms with Gasteiger partial charge in [-0.3, -0.25) is 4.99 Å². The Kier molecular flexibility index (Phi) is 5.62. The molecule has 4 nitrogen and oxygen atoms in total. The number of likely N-dealkylation sites (tertiary alicyclic amines) is 1. The Morgan fingerprint density at radius 2 is 2.14 bits per heavy atom. The molecule has 1 aromatic carbocycles. The zero-order valence-electron chi connectivity index (χ0n) is 13.7. The van der Waals surface area contributed by atoms with Crippen molar-refractivity contribution in [1.82, 2.24) is 15.5 Å². The summed E-state index contributed by atoms with van der Waals surface area (Å²) in [6, 6.07) is 7.20. The van der Waals surface area contributed by atoms with Crippen molar-refractivity contribution in [2.45, 2.75) is 39.3 Å². The van der Waals surface area contributed by atoms with Crippen molar-refractivity contribution in [2.24, 2.45) is 4.99 Å². The van der Waals surface area contributed by atoms with Gasteiger partial charge in [0, 0.05) is 26.2 Å². The fourth-order valence-electron chi connectivity index (χ4n) is 2.90. The number of likely N-dealkylation sites (N-methyl/N-ethyl adjacent to an activating group) is 1. The SMILES string of the molecule is CN=C(NCc1ccc(C)cc1C)NCC1CCCN1C. The smallest absolute Gasteiger partial charge is 0.191 e. The molecule has 1 unspecified atom stereocenters. The molecule has 0 radical (unpaired) electrons. The highest BCUT2D eigenvalue weighted by molar-refractivity contribution is 5.79. The van der Waals surface area contributed by atoms with Crippen LogP contribution in [-0.4, -0.2) is 44.1 Å². The predicted molar refractivity (Wildman–Crippen MR) is 89.8 cm³/mol. The lowest BCUT2D eigenvalue weighted by atomic mass is 10.1. The quantitative estimate of drug-likeness (QED) is 0.658. The van der Waals surface area contributed by atoms with Crippen LogP contribution < -0.4 is 10.6 Å². The number of guanidine groups is 1. The van der Waals surface area contributed by atoms with Gasteiger partial charge < -0.3 is 15.5 Å². The molecule has 116 valence electrons. The van der Waals surface area contributed by atoms with Crippen LogP contribution >= 0.6 is 0 Å². The number of nitrogens with one attached hydrogen (secondary N) is 2. The lowest BCUT2D eigenvalue weighted by Crippen LogP contribution is -2.43. The van der Waals surface area contributed by atoms with Crippen LogP contribution in [0.15, 0.2) is 23.2 Å². The van der Waals surface area contributed by atoms with E-state index < -0.39 is 0 Å². The Labute approximate surface area is 128 Å². The van der Waals surface area contributed by atoms with Crippen molar-refractivity contribution < 1.29 is 0 Å². The highest BCUT2D eigenvalue weighted by atomic mass is 15.2. The zero-order valence-corrected chi connectivity index (χ0v) is 13.7. The van der Waals surface area contributed by atoms with Gasteiger partial charge in [0.05, 0.1) is 0 Å². The van der Waals surface area contributed by atoms with Crippen molar-refractivity contribution in [3.63, 3.8) is 0 Å². The molecule has 0 saturated carbocycles. The maximum absolute atomic E-state index is 4.31. The Morgan fingerprint density at radius 1 is 1.33 bits per heavy atom. The van der Waals surface area contributed by atoms with Gasteiger partial charge >= 0.3 is 0 Å². The third kappa shape index (κ3) is 4.46. The fourth-order valence-corrected chi connectivity index (χ4v) is 2.90. The molecule has 4 heteroatoms. The van der Waals surface area contributed by atoms with Crippen molar-refractivity contribution in [3.05, 3.63) is 34.9 Å². The molecule has 21 heavy (non-hydrogen) atoms. The number of hydrogen-bond acceptors (Lipinski definition) is 2. The number of aliphatic imine (C=N–C) groups is 1. The summed E-state index contributed by atoms with van der Waals surface area (Å²) in [6.07, 6.45) is 2.58. The number of nitrogens with zero attached hydrogens (tertiary/aromatic N) is 2. The molecule has 0 bridgehead atoms. The molecule has 0 amide bonds. The normalized spacial score (nSPS) is 19.8. The summed E-state index contributed by atoms with van der Waals surface area (Å²) in [6.45, 7) is 7.27. The van der Waals surface area contributed by atoms with Crippen LogP contribution in [0.5, 0.6) is 0 Å². The van der Waals surface area contributed by atoms with Gasteiger partial charge in [-0.1, -0.05) is 23.8 Å². The third-order valence-corrected chi connectivity index (χ3v) is 4.34. The maximum atomic E-state index is 4.31. The van der Waals surface area contributed by atoms with Crippen molar-refractivity contribution in [2.75, 3.05) is 27.2 Å². The average Bonchev–Trinajstić information content (AvgIpc) is 2.86. The summed E-state index contributed by atoms with van der Waals surface area (Å²) in [4.78, 5) is 6.73. The minimum atomic E-state index is 0.629. The molecule has 0 spiro atoms. The number of rotatable bonds is 4. The van der Waals surface area contributed by atoms with Crippen LogP contribution in [0.4, 0.5) is 0 Å². The minimum Gasteiger partial charge on any atom is -0.355 e. The lowest BCUT2D eigenvalue weighted by molar-refractivity contribution is 0.309. The van der Waals surface area contributed by atoms with Gasteiger partial charge in [-0.15, -0.1) is 0 Å². The molecule has 1 heterocycles. The molecule has 1 saturated heterocycles. The van der Waals surface area contributed by atoms with Gasteiger partial charge in [-0.25, -0.2) is 0 Å². The second-order valence-electron chi connectivity index (χ2n) is 6.01. The van der Waals surface area contributed by atoms with Gasteiger partial charge in [-0.05, 0) is 51.4 Å². The number of hydrogen-bond donors (Lipinski definition) is 2. The molecule has 1 aliphatic rings. The molecule has 1 aliphatic heterocycles. The standard InChI is InChI=1S/C17H28N4/c1-13-7-8-15(14(2)10-13)11-19-17(18-3)20-12-16-6-5-9-21(16)4/h7-8,10,16H,5-6,9,11-12H2,1-4H3,(H2,18,19,20). The molecule has 2 rings (SSSR count). The van der Waals surface area contributed by atoms with Gasteiger partial charge in [-0.2, -0.15) is 0 Å². The highest BCUT2D eigenvalue weighted by Gasteiger charge is 2.20. The summed E-state index contributed by atoms with van der Waals surface area (Å²) in [5, 5.41) is 6.85. The molecule has 1 fully saturated rings. The predicted octanol–water partition coefficient (Wildman–Crippen LogP) is 2.06. The van der Waals surface area contributed by atoms with Crippen LogP contribution in [0.25, 0.3) is 0 Å². The summed E-state index contributed by atoms with van der Waals surface area (Å²) < 4.78 is 0. The van der Waals surface area contributed by atoms with E-state index in [0.29, 0.717) is 6.04 Å². The van der Waals surface area contributed by atoms with Crippen molar-refractivity contribution in [1.29, 1.82) is 0 Å². The largest absolute Gasteiger partial charge is 0.355 e. The van der Waals surface area contributed by atoms with Gasteiger partial charge in [0.1, 0.15) is 0 Å². The fraction of sp³-hybridized carbons (Fsp3) is 0.588. The number of benzene rings is 1. The topological polar surface area (TPSA) is 39.7 Å². The average molecular weight is 288 g/mol. The minimum absolute atomic E-state index is 0.629. The maximum Gasteiger partial charge on any atom is 0.191 e. The van der Waals surface area contributed by atoms with E-state index in [-0.39, 0.29) is 0 Å². The Morgan fingerprint density at radius 3 is 2.76 bits per heavy atom. The molecule has 1 aromatic rings. The summed E-state index contributed by atoms with van der Waals surface area (Å²) in [5.41, 5.74) is 3.96. The number of aryl methyl sites for hydroxylation is 2. The second kappa shape index (κ2) is 7.46. The van der Waals surface area contributed by atoms with Crippen LogP contribution in [0, 0.1) is 13.8 Å². The first-order valence-electron chi connectivity index (χ1n) is 7.81. The van der Waals surface area contributed by atoms with Gasteiger partial charge in [0.25, 0.3) is 0 Å². The van der Waals surface area contributed by atoms with Crippen LogP contribution in [0.3, 0.4) is 0 Å². The molecule has 0 aromatic heterocycles. The van der Waals surface area contributed by atoms with Gasteiger partial charge in [0.15, 0.2) is 5.96 Å². The van der Waals surface area contributed by atoms with Crippen LogP contribution in [-0.2, 0) is 6.54 Å². The Hall–Kier alpha value is -1.55. The highest BCUT2D eigenvalue weighted by Crippen LogP contribution is 2.13.